The second-order valence-corrected chi connectivity index (χ2v) is 3.22. The number of aromatic nitrogens is 2. The Balaban J connectivity index is 2.37. The molecule has 0 aliphatic carbocycles. The Labute approximate surface area is 96.3 Å². The molecule has 0 radical (unpaired) electrons. The molecule has 6 nitrogen and oxygen atoms in total. The van der Waals surface area contributed by atoms with Crippen molar-refractivity contribution in [3.63, 3.8) is 0 Å². The van der Waals surface area contributed by atoms with Crippen molar-refractivity contribution in [3.05, 3.63) is 46.5 Å². The fraction of sp³-hybridized carbons (Fsp3) is 0. The number of H-pyrrole nitrogens is 1. The van der Waals surface area contributed by atoms with Crippen LogP contribution in [0, 0.1) is 11.3 Å². The van der Waals surface area contributed by atoms with Crippen molar-refractivity contribution in [2.45, 2.75) is 0 Å². The predicted octanol–water partition coefficient (Wildman–Crippen LogP) is 1.02. The van der Waals surface area contributed by atoms with E-state index in [0.29, 0.717) is 11.4 Å². The SMILES string of the molecule is N#Cc1cc(N)ccc1Oc1cc(=O)[nH]cn1. The third-order valence-corrected chi connectivity index (χ3v) is 1.99. The molecule has 6 heteroatoms. The minimum absolute atomic E-state index is 0.120. The number of nitriles is 1. The minimum Gasteiger partial charge on any atom is -0.437 e. The first-order chi connectivity index (χ1) is 8.19. The Morgan fingerprint density at radius 2 is 2.24 bits per heavy atom. The molecule has 1 aromatic carbocycles. The van der Waals surface area contributed by atoms with Gasteiger partial charge in [-0.05, 0) is 18.2 Å². The molecule has 0 fully saturated rings. The van der Waals surface area contributed by atoms with Gasteiger partial charge in [0.25, 0.3) is 5.56 Å². The van der Waals surface area contributed by atoms with Gasteiger partial charge in [0, 0.05) is 5.69 Å². The first kappa shape index (κ1) is 10.7. The average molecular weight is 228 g/mol. The third-order valence-electron chi connectivity index (χ3n) is 1.99. The van der Waals surface area contributed by atoms with E-state index in [9.17, 15) is 4.79 Å². The van der Waals surface area contributed by atoms with Gasteiger partial charge in [0.1, 0.15) is 11.8 Å². The molecule has 2 rings (SSSR count). The smallest absolute Gasteiger partial charge is 0.254 e. The first-order valence-corrected chi connectivity index (χ1v) is 4.71. The van der Waals surface area contributed by atoms with Gasteiger partial charge >= 0.3 is 0 Å². The maximum Gasteiger partial charge on any atom is 0.254 e. The summed E-state index contributed by atoms with van der Waals surface area (Å²) in [7, 11) is 0. The number of nitrogens with two attached hydrogens (primary N) is 1. The summed E-state index contributed by atoms with van der Waals surface area (Å²) in [5.74, 6) is 0.426. The lowest BCUT2D eigenvalue weighted by molar-refractivity contribution is 0.459. The molecule has 0 bridgehead atoms. The van der Waals surface area contributed by atoms with Gasteiger partial charge in [-0.3, -0.25) is 4.79 Å². The molecule has 0 saturated heterocycles. The van der Waals surface area contributed by atoms with Gasteiger partial charge in [-0.25, -0.2) is 4.98 Å². The van der Waals surface area contributed by atoms with Crippen LogP contribution in [0.3, 0.4) is 0 Å². The van der Waals surface area contributed by atoms with E-state index in [-0.39, 0.29) is 17.0 Å². The molecule has 3 N–H and O–H groups in total. The van der Waals surface area contributed by atoms with E-state index in [0.717, 1.165) is 0 Å². The summed E-state index contributed by atoms with van der Waals surface area (Å²) in [4.78, 5) is 17.2. The number of benzene rings is 1. The van der Waals surface area contributed by atoms with Crippen LogP contribution < -0.4 is 16.0 Å². The Bertz CT molecular complexity index is 642. The van der Waals surface area contributed by atoms with Crippen molar-refractivity contribution < 1.29 is 4.74 Å². The molecular formula is C11H8N4O2. The maximum absolute atomic E-state index is 11.0. The molecule has 2 aromatic rings. The minimum atomic E-state index is -0.330. The van der Waals surface area contributed by atoms with Gasteiger partial charge in [-0.2, -0.15) is 5.26 Å². The number of nitrogen functional groups attached to an aromatic ring is 1. The molecule has 0 saturated carbocycles. The molecule has 0 aliphatic heterocycles. The van der Waals surface area contributed by atoms with Crippen LogP contribution in [0.1, 0.15) is 5.56 Å². The van der Waals surface area contributed by atoms with Gasteiger partial charge in [0.15, 0.2) is 0 Å². The standard InChI is InChI=1S/C11H8N4O2/c12-5-7-3-8(13)1-2-9(7)17-11-4-10(16)14-6-15-11/h1-4,6H,13H2,(H,14,15,16). The Kier molecular flexibility index (Phi) is 2.75. The predicted molar refractivity (Wildman–Crippen MR) is 60.5 cm³/mol. The van der Waals surface area contributed by atoms with E-state index >= 15 is 0 Å². The Morgan fingerprint density at radius 3 is 2.94 bits per heavy atom. The van der Waals surface area contributed by atoms with Crippen molar-refractivity contribution in [1.29, 1.82) is 5.26 Å². The van der Waals surface area contributed by atoms with Crippen LogP contribution in [-0.2, 0) is 0 Å². The highest BCUT2D eigenvalue weighted by Gasteiger charge is 2.06. The van der Waals surface area contributed by atoms with Crippen molar-refractivity contribution in [3.8, 4) is 17.7 Å². The van der Waals surface area contributed by atoms with E-state index in [1.807, 2.05) is 6.07 Å². The zero-order chi connectivity index (χ0) is 12.3. The second-order valence-electron chi connectivity index (χ2n) is 3.22. The number of nitrogens with zero attached hydrogens (tertiary/aromatic N) is 2. The molecule has 0 unspecified atom stereocenters. The highest BCUT2D eigenvalue weighted by Crippen LogP contribution is 2.24. The van der Waals surface area contributed by atoms with Gasteiger partial charge in [0.05, 0.1) is 18.0 Å². The number of hydrogen-bond donors (Lipinski definition) is 2. The molecule has 1 aromatic heterocycles. The topological polar surface area (TPSA) is 105 Å². The monoisotopic (exact) mass is 228 g/mol. The van der Waals surface area contributed by atoms with Gasteiger partial charge in [-0.1, -0.05) is 0 Å². The third kappa shape index (κ3) is 2.41. The van der Waals surface area contributed by atoms with E-state index < -0.39 is 0 Å². The number of anilines is 1. The number of aromatic amines is 1. The normalized spacial score (nSPS) is 9.59. The molecule has 0 aliphatic rings. The molecule has 0 spiro atoms. The van der Waals surface area contributed by atoms with Crippen LogP contribution in [-0.4, -0.2) is 9.97 Å². The molecule has 17 heavy (non-hydrogen) atoms. The maximum atomic E-state index is 11.0. The van der Waals surface area contributed by atoms with Crippen LogP contribution in [0.4, 0.5) is 5.69 Å². The summed E-state index contributed by atoms with van der Waals surface area (Å²) in [6.45, 7) is 0. The number of ether oxygens (including phenoxy) is 1. The highest BCUT2D eigenvalue weighted by atomic mass is 16.5. The average Bonchev–Trinajstić information content (AvgIpc) is 2.31. The zero-order valence-corrected chi connectivity index (χ0v) is 8.68. The molecule has 84 valence electrons. The highest BCUT2D eigenvalue weighted by molar-refractivity contribution is 5.53. The Morgan fingerprint density at radius 1 is 1.41 bits per heavy atom. The first-order valence-electron chi connectivity index (χ1n) is 4.71. The van der Waals surface area contributed by atoms with Crippen LogP contribution >= 0.6 is 0 Å². The number of nitrogens with one attached hydrogen (secondary N) is 1. The summed E-state index contributed by atoms with van der Waals surface area (Å²) in [6.07, 6.45) is 1.22. The van der Waals surface area contributed by atoms with Crippen molar-refractivity contribution in [2.75, 3.05) is 5.73 Å². The number of rotatable bonds is 2. The molecular weight excluding hydrogens is 220 g/mol. The van der Waals surface area contributed by atoms with Crippen LogP contribution in [0.15, 0.2) is 35.4 Å². The lowest BCUT2D eigenvalue weighted by Crippen LogP contribution is -2.04. The van der Waals surface area contributed by atoms with Gasteiger partial charge in [-0.15, -0.1) is 0 Å². The van der Waals surface area contributed by atoms with E-state index in [1.54, 1.807) is 12.1 Å². The van der Waals surface area contributed by atoms with E-state index in [1.165, 1.54) is 18.5 Å². The largest absolute Gasteiger partial charge is 0.437 e. The lowest BCUT2D eigenvalue weighted by atomic mass is 10.2. The molecule has 1 heterocycles. The molecule has 0 atom stereocenters. The van der Waals surface area contributed by atoms with E-state index in [4.69, 9.17) is 15.7 Å². The van der Waals surface area contributed by atoms with Crippen molar-refractivity contribution >= 4 is 5.69 Å². The van der Waals surface area contributed by atoms with Crippen molar-refractivity contribution in [1.82, 2.24) is 9.97 Å². The van der Waals surface area contributed by atoms with E-state index in [2.05, 4.69) is 9.97 Å². The fourth-order valence-corrected chi connectivity index (χ4v) is 1.24. The summed E-state index contributed by atoms with van der Waals surface area (Å²) in [5, 5.41) is 8.90. The van der Waals surface area contributed by atoms with Crippen LogP contribution in [0.2, 0.25) is 0 Å². The van der Waals surface area contributed by atoms with Gasteiger partial charge in [0.2, 0.25) is 5.88 Å². The summed E-state index contributed by atoms with van der Waals surface area (Å²) >= 11 is 0. The second kappa shape index (κ2) is 4.37. The fourth-order valence-electron chi connectivity index (χ4n) is 1.24. The zero-order valence-electron chi connectivity index (χ0n) is 8.68. The summed E-state index contributed by atoms with van der Waals surface area (Å²) in [6, 6.07) is 7.79. The van der Waals surface area contributed by atoms with Crippen molar-refractivity contribution in [2.24, 2.45) is 0 Å². The number of hydrogen-bond acceptors (Lipinski definition) is 5. The van der Waals surface area contributed by atoms with Crippen LogP contribution in [0.5, 0.6) is 11.6 Å². The summed E-state index contributed by atoms with van der Waals surface area (Å²) < 4.78 is 5.33. The lowest BCUT2D eigenvalue weighted by Gasteiger charge is -2.05. The quantitative estimate of drug-likeness (QED) is 0.746. The summed E-state index contributed by atoms with van der Waals surface area (Å²) in [5.41, 5.74) is 5.96. The Hall–Kier alpha value is -2.81. The van der Waals surface area contributed by atoms with Gasteiger partial charge < -0.3 is 15.5 Å². The molecule has 0 amide bonds. The van der Waals surface area contributed by atoms with Crippen LogP contribution in [0.25, 0.3) is 0 Å².